The fraction of sp³-hybridized carbons (Fsp3) is 0. The molecule has 1 aromatic heterocycles. The Morgan fingerprint density at radius 1 is 0.966 bits per heavy atom. The van der Waals surface area contributed by atoms with E-state index in [0.717, 1.165) is 10.0 Å². The van der Waals surface area contributed by atoms with E-state index in [1.807, 2.05) is 24.3 Å². The van der Waals surface area contributed by atoms with Gasteiger partial charge in [-0.05, 0) is 42.5 Å². The average molecular weight is 516 g/mol. The second-order valence-corrected chi connectivity index (χ2v) is 8.00. The van der Waals surface area contributed by atoms with Gasteiger partial charge in [-0.15, -0.1) is 0 Å². The van der Waals surface area contributed by atoms with E-state index in [1.54, 1.807) is 36.5 Å². The third kappa shape index (κ3) is 4.31. The minimum absolute atomic E-state index is 0.0928. The van der Waals surface area contributed by atoms with Crippen molar-refractivity contribution >= 4 is 43.5 Å². The SMILES string of the molecule is O=C(Nc1ccc(Br)cc1F)c1ccccc1-c1ncc(-c2cccc(Br)c2)o1. The van der Waals surface area contributed by atoms with Crippen molar-refractivity contribution in [2.75, 3.05) is 5.32 Å². The van der Waals surface area contributed by atoms with Crippen LogP contribution in [-0.2, 0) is 0 Å². The number of anilines is 1. The molecule has 144 valence electrons. The third-order valence-electron chi connectivity index (χ3n) is 4.20. The number of hydrogen-bond acceptors (Lipinski definition) is 3. The minimum Gasteiger partial charge on any atom is -0.436 e. The highest BCUT2D eigenvalue weighted by atomic mass is 79.9. The Hall–Kier alpha value is -2.77. The van der Waals surface area contributed by atoms with Crippen molar-refractivity contribution in [2.24, 2.45) is 0 Å². The van der Waals surface area contributed by atoms with Crippen molar-refractivity contribution in [1.82, 2.24) is 4.98 Å². The lowest BCUT2D eigenvalue weighted by atomic mass is 10.1. The maximum atomic E-state index is 14.1. The van der Waals surface area contributed by atoms with Gasteiger partial charge in [0.15, 0.2) is 5.76 Å². The number of halogens is 3. The van der Waals surface area contributed by atoms with Gasteiger partial charge >= 0.3 is 0 Å². The Labute approximate surface area is 183 Å². The maximum absolute atomic E-state index is 14.1. The molecule has 0 aliphatic heterocycles. The zero-order valence-electron chi connectivity index (χ0n) is 14.8. The Balaban J connectivity index is 1.66. The first kappa shape index (κ1) is 19.5. The van der Waals surface area contributed by atoms with Crippen molar-refractivity contribution < 1.29 is 13.6 Å². The van der Waals surface area contributed by atoms with Gasteiger partial charge in [0.1, 0.15) is 5.82 Å². The molecule has 0 spiro atoms. The summed E-state index contributed by atoms with van der Waals surface area (Å²) in [5.74, 6) is -0.0974. The van der Waals surface area contributed by atoms with E-state index >= 15 is 0 Å². The van der Waals surface area contributed by atoms with Gasteiger partial charge in [-0.1, -0.05) is 56.1 Å². The molecular weight excluding hydrogens is 503 g/mol. The van der Waals surface area contributed by atoms with Crippen LogP contribution >= 0.6 is 31.9 Å². The minimum atomic E-state index is -0.529. The molecule has 0 saturated heterocycles. The lowest BCUT2D eigenvalue weighted by molar-refractivity contribution is 0.102. The molecule has 4 rings (SSSR count). The Morgan fingerprint density at radius 3 is 2.55 bits per heavy atom. The topological polar surface area (TPSA) is 55.1 Å². The van der Waals surface area contributed by atoms with Gasteiger partial charge in [0.05, 0.1) is 17.4 Å². The quantitative estimate of drug-likeness (QED) is 0.320. The van der Waals surface area contributed by atoms with Crippen molar-refractivity contribution in [3.63, 3.8) is 0 Å². The number of oxazole rings is 1. The third-order valence-corrected chi connectivity index (χ3v) is 5.18. The molecule has 0 unspecified atom stereocenters. The van der Waals surface area contributed by atoms with Crippen molar-refractivity contribution in [3.05, 3.63) is 93.3 Å². The van der Waals surface area contributed by atoms with Crippen molar-refractivity contribution in [2.45, 2.75) is 0 Å². The molecule has 0 aliphatic rings. The zero-order chi connectivity index (χ0) is 20.4. The molecule has 29 heavy (non-hydrogen) atoms. The summed E-state index contributed by atoms with van der Waals surface area (Å²) in [6.07, 6.45) is 1.61. The number of hydrogen-bond donors (Lipinski definition) is 1. The highest BCUT2D eigenvalue weighted by Crippen LogP contribution is 2.30. The summed E-state index contributed by atoms with van der Waals surface area (Å²) in [5.41, 5.74) is 1.80. The van der Waals surface area contributed by atoms with Gasteiger partial charge in [0, 0.05) is 20.1 Å². The number of aromatic nitrogens is 1. The summed E-state index contributed by atoms with van der Waals surface area (Å²) in [4.78, 5) is 17.1. The maximum Gasteiger partial charge on any atom is 0.256 e. The second kappa shape index (κ2) is 8.31. The van der Waals surface area contributed by atoms with E-state index in [2.05, 4.69) is 42.2 Å². The first-order valence-corrected chi connectivity index (χ1v) is 10.2. The lowest BCUT2D eigenvalue weighted by Gasteiger charge is -2.09. The van der Waals surface area contributed by atoms with Gasteiger partial charge in [0.25, 0.3) is 5.91 Å². The van der Waals surface area contributed by atoms with E-state index in [0.29, 0.717) is 27.3 Å². The summed E-state index contributed by atoms with van der Waals surface area (Å²) in [7, 11) is 0. The molecule has 1 heterocycles. The smallest absolute Gasteiger partial charge is 0.256 e. The first-order valence-electron chi connectivity index (χ1n) is 8.59. The van der Waals surface area contributed by atoms with E-state index in [1.165, 1.54) is 12.1 Å². The van der Waals surface area contributed by atoms with Crippen LogP contribution in [-0.4, -0.2) is 10.9 Å². The summed E-state index contributed by atoms with van der Waals surface area (Å²) < 4.78 is 21.5. The molecule has 7 heteroatoms. The van der Waals surface area contributed by atoms with Gasteiger partial charge in [-0.3, -0.25) is 4.79 Å². The number of carbonyl (C=O) groups excluding carboxylic acids is 1. The van der Waals surface area contributed by atoms with Gasteiger partial charge in [-0.25, -0.2) is 9.37 Å². The summed E-state index contributed by atoms with van der Waals surface area (Å²) in [6.45, 7) is 0. The normalized spacial score (nSPS) is 10.7. The molecule has 4 aromatic rings. The molecule has 1 N–H and O–H groups in total. The highest BCUT2D eigenvalue weighted by Gasteiger charge is 2.18. The Kier molecular flexibility index (Phi) is 5.60. The van der Waals surface area contributed by atoms with E-state index in [4.69, 9.17) is 4.42 Å². The predicted octanol–water partition coefficient (Wildman–Crippen LogP) is 6.93. The van der Waals surface area contributed by atoms with E-state index in [-0.39, 0.29) is 5.69 Å². The van der Waals surface area contributed by atoms with Crippen LogP contribution in [0.2, 0.25) is 0 Å². The van der Waals surface area contributed by atoms with Crippen LogP contribution < -0.4 is 5.32 Å². The van der Waals surface area contributed by atoms with Gasteiger partial charge in [0.2, 0.25) is 5.89 Å². The summed E-state index contributed by atoms with van der Waals surface area (Å²) in [5, 5.41) is 2.60. The van der Waals surface area contributed by atoms with E-state index < -0.39 is 11.7 Å². The molecule has 1 amide bonds. The number of amides is 1. The molecule has 4 nitrogen and oxygen atoms in total. The van der Waals surface area contributed by atoms with E-state index in [9.17, 15) is 9.18 Å². The monoisotopic (exact) mass is 514 g/mol. The molecule has 0 aliphatic carbocycles. The zero-order valence-corrected chi connectivity index (χ0v) is 18.0. The first-order chi connectivity index (χ1) is 14.0. The molecule has 0 saturated carbocycles. The fourth-order valence-electron chi connectivity index (χ4n) is 2.82. The van der Waals surface area contributed by atoms with Crippen LogP contribution in [0.4, 0.5) is 10.1 Å². The standard InChI is InChI=1S/C22H13Br2FN2O2/c23-14-5-3-4-13(10-14)20-12-26-22(29-20)17-7-2-1-6-16(17)21(28)27-19-9-8-15(24)11-18(19)25/h1-12H,(H,27,28). The van der Waals surface area contributed by atoms with Crippen LogP contribution in [0.1, 0.15) is 10.4 Å². The van der Waals surface area contributed by atoms with Crippen LogP contribution in [0, 0.1) is 5.82 Å². The molecule has 3 aromatic carbocycles. The molecule has 0 fully saturated rings. The number of rotatable bonds is 4. The van der Waals surface area contributed by atoms with Gasteiger partial charge < -0.3 is 9.73 Å². The van der Waals surface area contributed by atoms with Crippen LogP contribution in [0.5, 0.6) is 0 Å². The number of benzene rings is 3. The van der Waals surface area contributed by atoms with Crippen LogP contribution in [0.25, 0.3) is 22.8 Å². The van der Waals surface area contributed by atoms with Crippen LogP contribution in [0.3, 0.4) is 0 Å². The number of nitrogens with zero attached hydrogens (tertiary/aromatic N) is 1. The molecule has 0 bridgehead atoms. The predicted molar refractivity (Wildman–Crippen MR) is 117 cm³/mol. The van der Waals surface area contributed by atoms with Crippen molar-refractivity contribution in [3.8, 4) is 22.8 Å². The summed E-state index contributed by atoms with van der Waals surface area (Å²) >= 11 is 6.63. The second-order valence-electron chi connectivity index (χ2n) is 6.16. The molecule has 0 atom stereocenters. The Morgan fingerprint density at radius 2 is 1.76 bits per heavy atom. The molecule has 0 radical (unpaired) electrons. The average Bonchev–Trinajstić information content (AvgIpc) is 3.20. The van der Waals surface area contributed by atoms with Crippen molar-refractivity contribution in [1.29, 1.82) is 0 Å². The fourth-order valence-corrected chi connectivity index (χ4v) is 3.55. The largest absolute Gasteiger partial charge is 0.436 e. The summed E-state index contributed by atoms with van der Waals surface area (Å²) in [6, 6.07) is 19.0. The highest BCUT2D eigenvalue weighted by molar-refractivity contribution is 9.10. The number of nitrogens with one attached hydrogen (secondary N) is 1. The number of carbonyl (C=O) groups is 1. The van der Waals surface area contributed by atoms with Crippen LogP contribution in [0.15, 0.2) is 86.3 Å². The lowest BCUT2D eigenvalue weighted by Crippen LogP contribution is -2.14. The molecular formula is C22H13Br2FN2O2. The van der Waals surface area contributed by atoms with Gasteiger partial charge in [-0.2, -0.15) is 0 Å². The Bertz CT molecular complexity index is 1210.